The number of rotatable bonds is 7. The minimum atomic E-state index is -4.74. The summed E-state index contributed by atoms with van der Waals surface area (Å²) in [4.78, 5) is 21.6. The van der Waals surface area contributed by atoms with Gasteiger partial charge < -0.3 is 9.30 Å². The van der Waals surface area contributed by atoms with Crippen LogP contribution in [0.3, 0.4) is 0 Å². The van der Waals surface area contributed by atoms with Crippen molar-refractivity contribution in [1.29, 1.82) is 0 Å². The number of nitrogens with one attached hydrogen (secondary N) is 1. The van der Waals surface area contributed by atoms with E-state index in [4.69, 9.17) is 9.72 Å². The second-order valence-corrected chi connectivity index (χ2v) is 9.28. The molecular weight excluding hydrogens is 507 g/mol. The number of hydrogen-bond donors (Lipinski definition) is 1. The number of halogens is 3. The van der Waals surface area contributed by atoms with Crippen molar-refractivity contribution in [1.82, 2.24) is 24.7 Å². The zero-order chi connectivity index (χ0) is 27.7. The average molecular weight is 534 g/mol. The number of aryl methyl sites for hydroxylation is 3. The molecule has 0 spiro atoms. The first kappa shape index (κ1) is 26.1. The number of ether oxygens (including phenoxy) is 1. The summed E-state index contributed by atoms with van der Waals surface area (Å²) >= 11 is 0. The number of aromatic nitrogens is 5. The van der Waals surface area contributed by atoms with Crippen LogP contribution >= 0.6 is 0 Å². The first-order valence-electron chi connectivity index (χ1n) is 12.4. The number of pyridine rings is 3. The lowest BCUT2D eigenvalue weighted by Crippen LogP contribution is -2.29. The summed E-state index contributed by atoms with van der Waals surface area (Å²) < 4.78 is 47.1. The van der Waals surface area contributed by atoms with E-state index in [1.807, 2.05) is 44.3 Å². The largest absolute Gasteiger partial charge is 0.487 e. The van der Waals surface area contributed by atoms with Crippen LogP contribution in [0.15, 0.2) is 65.8 Å². The fourth-order valence-electron chi connectivity index (χ4n) is 4.65. The molecule has 0 atom stereocenters. The molecule has 0 saturated carbocycles. The van der Waals surface area contributed by atoms with Gasteiger partial charge in [-0.1, -0.05) is 19.1 Å². The van der Waals surface area contributed by atoms with Crippen molar-refractivity contribution in [2.45, 2.75) is 46.5 Å². The molecule has 5 rings (SSSR count). The average Bonchev–Trinajstić information content (AvgIpc) is 3.37. The molecule has 7 nitrogen and oxygen atoms in total. The van der Waals surface area contributed by atoms with E-state index in [2.05, 4.69) is 22.1 Å². The quantitative estimate of drug-likeness (QED) is 0.277. The van der Waals surface area contributed by atoms with Crippen molar-refractivity contribution in [3.8, 4) is 17.0 Å². The zero-order valence-electron chi connectivity index (χ0n) is 21.6. The Morgan fingerprint density at radius 1 is 1.10 bits per heavy atom. The van der Waals surface area contributed by atoms with Gasteiger partial charge in [-0.2, -0.15) is 18.3 Å². The Bertz CT molecular complexity index is 1720. The Morgan fingerprint density at radius 3 is 2.69 bits per heavy atom. The van der Waals surface area contributed by atoms with Crippen molar-refractivity contribution in [3.05, 3.63) is 105 Å². The van der Waals surface area contributed by atoms with Gasteiger partial charge in [0.05, 0.1) is 24.1 Å². The maximum Gasteiger partial charge on any atom is 0.421 e. The number of aromatic amines is 1. The Hall–Kier alpha value is -4.47. The van der Waals surface area contributed by atoms with Crippen molar-refractivity contribution in [2.24, 2.45) is 0 Å². The van der Waals surface area contributed by atoms with Crippen molar-refractivity contribution >= 4 is 10.9 Å². The summed E-state index contributed by atoms with van der Waals surface area (Å²) in [5.41, 5.74) is 4.14. The fourth-order valence-corrected chi connectivity index (χ4v) is 4.65. The molecule has 39 heavy (non-hydrogen) atoms. The summed E-state index contributed by atoms with van der Waals surface area (Å²) in [6.45, 7) is 5.82. The van der Waals surface area contributed by atoms with E-state index in [0.717, 1.165) is 50.5 Å². The maximum atomic E-state index is 13.3. The normalized spacial score (nSPS) is 11.7. The molecule has 0 aliphatic heterocycles. The van der Waals surface area contributed by atoms with E-state index in [1.54, 1.807) is 12.3 Å². The lowest BCUT2D eigenvalue weighted by molar-refractivity contribution is -0.138. The highest BCUT2D eigenvalue weighted by Gasteiger charge is 2.34. The fraction of sp³-hybridized carbons (Fsp3) is 0.241. The van der Waals surface area contributed by atoms with Gasteiger partial charge >= 0.3 is 6.18 Å². The molecule has 0 aliphatic rings. The van der Waals surface area contributed by atoms with E-state index in [-0.39, 0.29) is 13.2 Å². The molecule has 0 fully saturated rings. The van der Waals surface area contributed by atoms with Crippen molar-refractivity contribution in [3.63, 3.8) is 0 Å². The zero-order valence-corrected chi connectivity index (χ0v) is 21.6. The van der Waals surface area contributed by atoms with Crippen LogP contribution in [0.5, 0.6) is 5.75 Å². The molecule has 10 heteroatoms. The van der Waals surface area contributed by atoms with Gasteiger partial charge in [-0.25, -0.2) is 4.98 Å². The SMILES string of the molecule is CCc1cn[nH]c1-c1cc(C)nc2c(OCc3c(C)ccnc3Cn3cccc(C(F)(F)F)c3=O)cccc12. The molecule has 0 aliphatic carbocycles. The molecule has 4 heterocycles. The van der Waals surface area contributed by atoms with Crippen LogP contribution in [-0.2, 0) is 25.7 Å². The Balaban J connectivity index is 1.50. The highest BCUT2D eigenvalue weighted by Crippen LogP contribution is 2.34. The maximum absolute atomic E-state index is 13.3. The first-order valence-corrected chi connectivity index (χ1v) is 12.4. The van der Waals surface area contributed by atoms with Gasteiger partial charge in [0, 0.05) is 34.6 Å². The van der Waals surface area contributed by atoms with Gasteiger partial charge in [-0.05, 0) is 61.7 Å². The van der Waals surface area contributed by atoms with E-state index in [9.17, 15) is 18.0 Å². The van der Waals surface area contributed by atoms with E-state index in [0.29, 0.717) is 22.5 Å². The minimum Gasteiger partial charge on any atom is -0.487 e. The number of nitrogens with zero attached hydrogens (tertiary/aromatic N) is 4. The standard InChI is InChI=1S/C29H26F3N5O2/c1-4-19-14-34-36-26(19)21-13-18(3)35-27-20(21)7-5-9-25(27)39-16-22-17(2)10-11-33-24(22)15-37-12-6-8-23(28(37)38)29(30,31)32/h5-14H,4,15-16H2,1-3H3,(H,34,36). The van der Waals surface area contributed by atoms with Gasteiger partial charge in [-0.15, -0.1) is 0 Å². The van der Waals surface area contributed by atoms with Gasteiger partial charge in [-0.3, -0.25) is 14.9 Å². The first-order chi connectivity index (χ1) is 18.7. The van der Waals surface area contributed by atoms with Crippen LogP contribution in [-0.4, -0.2) is 24.7 Å². The van der Waals surface area contributed by atoms with E-state index >= 15 is 0 Å². The molecule has 1 aromatic carbocycles. The van der Waals surface area contributed by atoms with Crippen LogP contribution in [0.25, 0.3) is 22.2 Å². The van der Waals surface area contributed by atoms with Crippen LogP contribution in [0.4, 0.5) is 13.2 Å². The molecule has 0 bridgehead atoms. The molecule has 5 aromatic rings. The number of para-hydroxylation sites is 1. The lowest BCUT2D eigenvalue weighted by atomic mass is 10.0. The monoisotopic (exact) mass is 533 g/mol. The van der Waals surface area contributed by atoms with E-state index in [1.165, 1.54) is 12.3 Å². The van der Waals surface area contributed by atoms with Crippen LogP contribution in [0.1, 0.15) is 40.6 Å². The molecule has 4 aromatic heterocycles. The third-order valence-corrected chi connectivity index (χ3v) is 6.70. The minimum absolute atomic E-state index is 0.0943. The predicted octanol–water partition coefficient (Wildman–Crippen LogP) is 6.01. The van der Waals surface area contributed by atoms with Crippen molar-refractivity contribution in [2.75, 3.05) is 0 Å². The molecule has 0 saturated heterocycles. The molecule has 0 amide bonds. The molecule has 1 N–H and O–H groups in total. The number of hydrogen-bond acceptors (Lipinski definition) is 5. The number of benzene rings is 1. The molecular formula is C29H26F3N5O2. The van der Waals surface area contributed by atoms with Gasteiger partial charge in [0.2, 0.25) is 0 Å². The summed E-state index contributed by atoms with van der Waals surface area (Å²) in [5, 5.41) is 8.21. The molecule has 0 unspecified atom stereocenters. The van der Waals surface area contributed by atoms with Crippen LogP contribution < -0.4 is 10.3 Å². The van der Waals surface area contributed by atoms with Crippen LogP contribution in [0.2, 0.25) is 0 Å². The highest BCUT2D eigenvalue weighted by molar-refractivity contribution is 5.97. The van der Waals surface area contributed by atoms with E-state index < -0.39 is 17.3 Å². The Kier molecular flexibility index (Phi) is 6.94. The van der Waals surface area contributed by atoms with Gasteiger partial charge in [0.15, 0.2) is 0 Å². The summed E-state index contributed by atoms with van der Waals surface area (Å²) in [6.07, 6.45) is 0.796. The third-order valence-electron chi connectivity index (χ3n) is 6.70. The summed E-state index contributed by atoms with van der Waals surface area (Å²) in [6, 6.07) is 11.5. The number of alkyl halides is 3. The second kappa shape index (κ2) is 10.4. The summed E-state index contributed by atoms with van der Waals surface area (Å²) in [5.74, 6) is 0.556. The Morgan fingerprint density at radius 2 is 1.92 bits per heavy atom. The van der Waals surface area contributed by atoms with Crippen molar-refractivity contribution < 1.29 is 17.9 Å². The topological polar surface area (TPSA) is 85.7 Å². The highest BCUT2D eigenvalue weighted by atomic mass is 19.4. The van der Waals surface area contributed by atoms with Crippen LogP contribution in [0, 0.1) is 13.8 Å². The smallest absolute Gasteiger partial charge is 0.421 e. The predicted molar refractivity (Wildman–Crippen MR) is 142 cm³/mol. The number of fused-ring (bicyclic) bond motifs is 1. The second-order valence-electron chi connectivity index (χ2n) is 9.28. The van der Waals surface area contributed by atoms with Gasteiger partial charge in [0.25, 0.3) is 5.56 Å². The van der Waals surface area contributed by atoms with Gasteiger partial charge in [0.1, 0.15) is 23.4 Å². The molecule has 200 valence electrons. The Labute approximate surface area is 222 Å². The number of H-pyrrole nitrogens is 1. The third kappa shape index (κ3) is 5.14. The molecule has 0 radical (unpaired) electrons. The summed E-state index contributed by atoms with van der Waals surface area (Å²) in [7, 11) is 0. The lowest BCUT2D eigenvalue weighted by Gasteiger charge is -2.16.